The molecule has 0 saturated heterocycles. The standard InChI is InChI=1S/C9H15BrN4S/c1-14(2)9(4-3-5-9)6-11-8-13-12-7(10)15-8/h3-6H2,1-2H3,(H,11,13). The summed E-state index contributed by atoms with van der Waals surface area (Å²) in [4.78, 5) is 2.32. The molecule has 1 N–H and O–H groups in total. The summed E-state index contributed by atoms with van der Waals surface area (Å²) in [6.07, 6.45) is 3.87. The van der Waals surface area contributed by atoms with Crippen molar-refractivity contribution in [2.45, 2.75) is 24.8 Å². The van der Waals surface area contributed by atoms with Gasteiger partial charge in [-0.05, 0) is 49.3 Å². The molecule has 4 nitrogen and oxygen atoms in total. The van der Waals surface area contributed by atoms with Gasteiger partial charge < -0.3 is 10.2 Å². The van der Waals surface area contributed by atoms with Crippen molar-refractivity contribution >= 4 is 32.4 Å². The van der Waals surface area contributed by atoms with Gasteiger partial charge in [0.15, 0.2) is 3.92 Å². The Labute approximate surface area is 102 Å². The number of hydrogen-bond donors (Lipinski definition) is 1. The minimum absolute atomic E-state index is 0.331. The number of anilines is 1. The fraction of sp³-hybridized carbons (Fsp3) is 0.778. The van der Waals surface area contributed by atoms with E-state index in [1.54, 1.807) is 0 Å². The van der Waals surface area contributed by atoms with Gasteiger partial charge in [-0.2, -0.15) is 0 Å². The zero-order chi connectivity index (χ0) is 10.9. The second-order valence-corrected chi connectivity index (χ2v) is 6.44. The molecule has 0 spiro atoms. The van der Waals surface area contributed by atoms with Crippen LogP contribution in [-0.2, 0) is 0 Å². The van der Waals surface area contributed by atoms with Crippen LogP contribution < -0.4 is 5.32 Å². The van der Waals surface area contributed by atoms with Gasteiger partial charge >= 0.3 is 0 Å². The van der Waals surface area contributed by atoms with Crippen LogP contribution in [0.5, 0.6) is 0 Å². The Balaban J connectivity index is 1.92. The number of likely N-dealkylation sites (N-methyl/N-ethyl adjacent to an activating group) is 1. The quantitative estimate of drug-likeness (QED) is 0.923. The van der Waals surface area contributed by atoms with Crippen LogP contribution in [0, 0.1) is 0 Å². The van der Waals surface area contributed by atoms with E-state index in [2.05, 4.69) is 50.4 Å². The van der Waals surface area contributed by atoms with Crippen LogP contribution in [0.4, 0.5) is 5.13 Å². The van der Waals surface area contributed by atoms with Crippen molar-refractivity contribution < 1.29 is 0 Å². The fourth-order valence-electron chi connectivity index (χ4n) is 1.88. The first-order valence-corrected chi connectivity index (χ1v) is 6.64. The lowest BCUT2D eigenvalue weighted by Crippen LogP contribution is -2.54. The van der Waals surface area contributed by atoms with Gasteiger partial charge in [0.1, 0.15) is 0 Å². The highest BCUT2D eigenvalue weighted by Crippen LogP contribution is 2.36. The molecule has 0 unspecified atom stereocenters. The van der Waals surface area contributed by atoms with Gasteiger partial charge in [-0.15, -0.1) is 10.2 Å². The van der Waals surface area contributed by atoms with Gasteiger partial charge in [0.2, 0.25) is 5.13 Å². The Hall–Kier alpha value is -0.200. The molecule has 0 bridgehead atoms. The first-order valence-electron chi connectivity index (χ1n) is 5.03. The molecule has 1 saturated carbocycles. The minimum atomic E-state index is 0.331. The summed E-state index contributed by atoms with van der Waals surface area (Å²) >= 11 is 4.85. The van der Waals surface area contributed by atoms with Crippen molar-refractivity contribution in [3.05, 3.63) is 3.92 Å². The van der Waals surface area contributed by atoms with Crippen LogP contribution in [0.15, 0.2) is 3.92 Å². The number of rotatable bonds is 4. The number of nitrogens with zero attached hydrogens (tertiary/aromatic N) is 3. The number of aromatic nitrogens is 2. The molecule has 6 heteroatoms. The van der Waals surface area contributed by atoms with Gasteiger partial charge in [-0.3, -0.25) is 0 Å². The zero-order valence-corrected chi connectivity index (χ0v) is 11.4. The second-order valence-electron chi connectivity index (χ2n) is 4.19. The molecule has 1 aliphatic rings. The smallest absolute Gasteiger partial charge is 0.206 e. The Morgan fingerprint density at radius 3 is 2.60 bits per heavy atom. The van der Waals surface area contributed by atoms with E-state index in [1.165, 1.54) is 30.6 Å². The van der Waals surface area contributed by atoms with Crippen molar-refractivity contribution in [2.75, 3.05) is 26.0 Å². The summed E-state index contributed by atoms with van der Waals surface area (Å²) in [7, 11) is 4.30. The van der Waals surface area contributed by atoms with E-state index in [9.17, 15) is 0 Å². The Morgan fingerprint density at radius 2 is 2.20 bits per heavy atom. The third-order valence-electron chi connectivity index (χ3n) is 3.20. The van der Waals surface area contributed by atoms with E-state index in [1.807, 2.05) is 0 Å². The van der Waals surface area contributed by atoms with Crippen molar-refractivity contribution in [1.82, 2.24) is 15.1 Å². The summed E-state index contributed by atoms with van der Waals surface area (Å²) in [6.45, 7) is 0.960. The first kappa shape index (κ1) is 11.3. The Bertz CT molecular complexity index is 335. The molecule has 0 aliphatic heterocycles. The molecule has 1 aliphatic carbocycles. The molecule has 1 fully saturated rings. The summed E-state index contributed by atoms with van der Waals surface area (Å²) in [5.41, 5.74) is 0.331. The van der Waals surface area contributed by atoms with Gasteiger partial charge in [0.05, 0.1) is 0 Å². The monoisotopic (exact) mass is 290 g/mol. The van der Waals surface area contributed by atoms with Crippen molar-refractivity contribution in [3.8, 4) is 0 Å². The predicted octanol–water partition coefficient (Wildman–Crippen LogP) is 2.20. The van der Waals surface area contributed by atoms with E-state index in [0.29, 0.717) is 5.54 Å². The highest BCUT2D eigenvalue weighted by Gasteiger charge is 2.38. The normalized spacial score (nSPS) is 18.9. The summed E-state index contributed by atoms with van der Waals surface area (Å²) in [5.74, 6) is 0. The largest absolute Gasteiger partial charge is 0.358 e. The number of nitrogens with one attached hydrogen (secondary N) is 1. The summed E-state index contributed by atoms with van der Waals surface area (Å²) in [5, 5.41) is 12.2. The van der Waals surface area contributed by atoms with Crippen LogP contribution in [0.1, 0.15) is 19.3 Å². The van der Waals surface area contributed by atoms with Gasteiger partial charge in [0, 0.05) is 12.1 Å². The van der Waals surface area contributed by atoms with E-state index in [0.717, 1.165) is 15.6 Å². The third kappa shape index (κ3) is 2.32. The maximum Gasteiger partial charge on any atom is 0.206 e. The van der Waals surface area contributed by atoms with E-state index >= 15 is 0 Å². The summed E-state index contributed by atoms with van der Waals surface area (Å²) < 4.78 is 0.831. The lowest BCUT2D eigenvalue weighted by atomic mass is 9.75. The van der Waals surface area contributed by atoms with E-state index < -0.39 is 0 Å². The zero-order valence-electron chi connectivity index (χ0n) is 8.96. The average Bonchev–Trinajstić information content (AvgIpc) is 2.49. The Morgan fingerprint density at radius 1 is 1.47 bits per heavy atom. The highest BCUT2D eigenvalue weighted by atomic mass is 79.9. The molecule has 0 amide bonds. The molecule has 0 aromatic carbocycles. The SMILES string of the molecule is CN(C)C1(CNc2nnc(Br)s2)CCC1. The predicted molar refractivity (Wildman–Crippen MR) is 66.4 cm³/mol. The third-order valence-corrected chi connectivity index (χ3v) is 4.52. The molecule has 0 radical (unpaired) electrons. The molecule has 0 atom stereocenters. The van der Waals surface area contributed by atoms with E-state index in [-0.39, 0.29) is 0 Å². The topological polar surface area (TPSA) is 41.0 Å². The van der Waals surface area contributed by atoms with Crippen LogP contribution in [-0.4, -0.2) is 41.3 Å². The highest BCUT2D eigenvalue weighted by molar-refractivity contribution is 9.11. The molecular weight excluding hydrogens is 276 g/mol. The van der Waals surface area contributed by atoms with Crippen LogP contribution in [0.2, 0.25) is 0 Å². The van der Waals surface area contributed by atoms with Crippen molar-refractivity contribution in [1.29, 1.82) is 0 Å². The second kappa shape index (κ2) is 4.35. The maximum atomic E-state index is 4.03. The maximum absolute atomic E-state index is 4.03. The number of hydrogen-bond acceptors (Lipinski definition) is 5. The molecule has 1 aromatic heterocycles. The summed E-state index contributed by atoms with van der Waals surface area (Å²) in [6, 6.07) is 0. The molecular formula is C9H15BrN4S. The lowest BCUT2D eigenvalue weighted by molar-refractivity contribution is 0.0739. The van der Waals surface area contributed by atoms with Crippen molar-refractivity contribution in [3.63, 3.8) is 0 Å². The number of halogens is 1. The van der Waals surface area contributed by atoms with Crippen LogP contribution in [0.25, 0.3) is 0 Å². The van der Waals surface area contributed by atoms with Crippen LogP contribution in [0.3, 0.4) is 0 Å². The van der Waals surface area contributed by atoms with E-state index in [4.69, 9.17) is 0 Å². The lowest BCUT2D eigenvalue weighted by Gasteiger charge is -2.47. The van der Waals surface area contributed by atoms with Gasteiger partial charge in [0.25, 0.3) is 0 Å². The molecule has 15 heavy (non-hydrogen) atoms. The first-order chi connectivity index (χ1) is 7.12. The molecule has 1 heterocycles. The molecule has 1 aromatic rings. The fourth-order valence-corrected chi connectivity index (χ4v) is 2.89. The van der Waals surface area contributed by atoms with Gasteiger partial charge in [-0.1, -0.05) is 11.3 Å². The van der Waals surface area contributed by atoms with Gasteiger partial charge in [-0.25, -0.2) is 0 Å². The minimum Gasteiger partial charge on any atom is -0.358 e. The molecule has 2 rings (SSSR count). The average molecular weight is 291 g/mol. The van der Waals surface area contributed by atoms with Crippen LogP contribution >= 0.6 is 27.3 Å². The Kier molecular flexibility index (Phi) is 3.27. The molecule has 84 valence electrons. The van der Waals surface area contributed by atoms with Crippen molar-refractivity contribution in [2.24, 2.45) is 0 Å².